The Bertz CT molecular complexity index is 400. The second-order valence-electron chi connectivity index (χ2n) is 7.52. The van der Waals surface area contributed by atoms with Crippen molar-refractivity contribution in [2.45, 2.75) is 90.9 Å². The summed E-state index contributed by atoms with van der Waals surface area (Å²) in [4.78, 5) is 4.79. The largest absolute Gasteiger partial charge is 0.261 e. The minimum Gasteiger partial charge on any atom is -0.261 e. The van der Waals surface area contributed by atoms with Gasteiger partial charge in [-0.3, -0.25) is 4.98 Å². The molecule has 0 saturated heterocycles. The molecule has 0 spiro atoms. The van der Waals surface area contributed by atoms with Crippen LogP contribution in [0.15, 0.2) is 18.3 Å². The van der Waals surface area contributed by atoms with Crippen LogP contribution in [0.25, 0.3) is 0 Å². The monoisotopic (exact) mass is 301 g/mol. The van der Waals surface area contributed by atoms with Gasteiger partial charge in [0.25, 0.3) is 0 Å². The third kappa shape index (κ3) is 5.41. The first-order valence-electron chi connectivity index (χ1n) is 9.67. The zero-order valence-corrected chi connectivity index (χ0v) is 15.0. The lowest BCUT2D eigenvalue weighted by atomic mass is 9.78. The van der Waals surface area contributed by atoms with E-state index in [1.807, 2.05) is 0 Å². The van der Waals surface area contributed by atoms with Crippen LogP contribution in [0.3, 0.4) is 0 Å². The molecule has 1 aromatic heterocycles. The van der Waals surface area contributed by atoms with Crippen molar-refractivity contribution < 1.29 is 0 Å². The molecule has 1 heteroatoms. The second-order valence-corrected chi connectivity index (χ2v) is 7.52. The van der Waals surface area contributed by atoms with Gasteiger partial charge in [0, 0.05) is 17.8 Å². The maximum Gasteiger partial charge on any atom is 0.0434 e. The Morgan fingerprint density at radius 1 is 1.09 bits per heavy atom. The molecule has 1 saturated carbocycles. The van der Waals surface area contributed by atoms with E-state index in [9.17, 15) is 0 Å². The Balaban J connectivity index is 1.78. The van der Waals surface area contributed by atoms with Gasteiger partial charge in [-0.2, -0.15) is 0 Å². The van der Waals surface area contributed by atoms with Gasteiger partial charge in [-0.05, 0) is 55.6 Å². The van der Waals surface area contributed by atoms with Gasteiger partial charge >= 0.3 is 0 Å². The van der Waals surface area contributed by atoms with Crippen molar-refractivity contribution in [3.8, 4) is 0 Å². The summed E-state index contributed by atoms with van der Waals surface area (Å²) in [6, 6.07) is 4.63. The van der Waals surface area contributed by atoms with E-state index in [-0.39, 0.29) is 0 Å². The molecule has 1 aliphatic rings. The molecule has 0 aliphatic heterocycles. The summed E-state index contributed by atoms with van der Waals surface area (Å²) in [5, 5.41) is 0. The lowest BCUT2D eigenvalue weighted by Gasteiger charge is -2.28. The van der Waals surface area contributed by atoms with Gasteiger partial charge in [0.2, 0.25) is 0 Å². The smallest absolute Gasteiger partial charge is 0.0434 e. The summed E-state index contributed by atoms with van der Waals surface area (Å²) in [6.45, 7) is 6.90. The SMILES string of the molecule is CCCCC[C@H]1CC[C@H](c2ccc(C[C@@H](C)CC)cn2)CC1. The maximum absolute atomic E-state index is 4.79. The fraction of sp³-hybridized carbons (Fsp3) is 0.762. The molecule has 0 N–H and O–H groups in total. The molecule has 22 heavy (non-hydrogen) atoms. The highest BCUT2D eigenvalue weighted by Gasteiger charge is 2.22. The van der Waals surface area contributed by atoms with E-state index >= 15 is 0 Å². The molecule has 1 aromatic rings. The predicted octanol–water partition coefficient (Wildman–Crippen LogP) is 6.52. The molecule has 1 heterocycles. The van der Waals surface area contributed by atoms with Crippen molar-refractivity contribution in [2.24, 2.45) is 11.8 Å². The molecule has 2 rings (SSSR count). The van der Waals surface area contributed by atoms with Crippen LogP contribution in [0, 0.1) is 11.8 Å². The zero-order chi connectivity index (χ0) is 15.8. The fourth-order valence-electron chi connectivity index (χ4n) is 3.77. The second kappa shape index (κ2) is 9.33. The highest BCUT2D eigenvalue weighted by Crippen LogP contribution is 2.37. The van der Waals surface area contributed by atoms with E-state index in [0.29, 0.717) is 0 Å². The number of hydrogen-bond acceptors (Lipinski definition) is 1. The van der Waals surface area contributed by atoms with Gasteiger partial charge in [0.1, 0.15) is 0 Å². The maximum atomic E-state index is 4.79. The Kier molecular flexibility index (Phi) is 7.42. The Morgan fingerprint density at radius 3 is 2.45 bits per heavy atom. The van der Waals surface area contributed by atoms with E-state index in [0.717, 1.165) is 17.8 Å². The standard InChI is InChI=1S/C21H35N/c1-4-6-7-8-18-9-12-20(13-10-18)21-14-11-19(16-22-21)15-17(3)5-2/h11,14,16-18,20H,4-10,12-13,15H2,1-3H3/t17-,18-,20-/m0/s1. The summed E-state index contributed by atoms with van der Waals surface area (Å²) in [5.74, 6) is 2.48. The van der Waals surface area contributed by atoms with E-state index in [4.69, 9.17) is 4.98 Å². The van der Waals surface area contributed by atoms with Gasteiger partial charge in [-0.15, -0.1) is 0 Å². The van der Waals surface area contributed by atoms with Crippen LogP contribution in [-0.2, 0) is 6.42 Å². The van der Waals surface area contributed by atoms with E-state index in [1.54, 1.807) is 0 Å². The minimum absolute atomic E-state index is 0.722. The van der Waals surface area contributed by atoms with Gasteiger partial charge in [-0.1, -0.05) is 58.9 Å². The third-order valence-electron chi connectivity index (χ3n) is 5.61. The molecular weight excluding hydrogens is 266 g/mol. The first kappa shape index (κ1) is 17.5. The Morgan fingerprint density at radius 2 is 1.86 bits per heavy atom. The van der Waals surface area contributed by atoms with E-state index in [2.05, 4.69) is 39.1 Å². The molecule has 1 atom stereocenters. The van der Waals surface area contributed by atoms with Crippen LogP contribution in [-0.4, -0.2) is 4.98 Å². The minimum atomic E-state index is 0.722. The summed E-state index contributed by atoms with van der Waals surface area (Å²) in [6.07, 6.45) is 15.8. The van der Waals surface area contributed by atoms with Crippen molar-refractivity contribution in [1.82, 2.24) is 4.98 Å². The van der Waals surface area contributed by atoms with Crippen molar-refractivity contribution in [3.63, 3.8) is 0 Å². The average molecular weight is 302 g/mol. The topological polar surface area (TPSA) is 12.9 Å². The summed E-state index contributed by atoms with van der Waals surface area (Å²) in [5.41, 5.74) is 2.76. The molecule has 1 fully saturated rings. The number of nitrogens with zero attached hydrogens (tertiary/aromatic N) is 1. The van der Waals surface area contributed by atoms with Crippen LogP contribution >= 0.6 is 0 Å². The third-order valence-corrected chi connectivity index (χ3v) is 5.61. The van der Waals surface area contributed by atoms with Crippen LogP contribution in [0.2, 0.25) is 0 Å². The Hall–Kier alpha value is -0.850. The van der Waals surface area contributed by atoms with Crippen LogP contribution < -0.4 is 0 Å². The summed E-state index contributed by atoms with van der Waals surface area (Å²) >= 11 is 0. The predicted molar refractivity (Wildman–Crippen MR) is 96.2 cm³/mol. The molecule has 0 aromatic carbocycles. The van der Waals surface area contributed by atoms with Crippen molar-refractivity contribution >= 4 is 0 Å². The summed E-state index contributed by atoms with van der Waals surface area (Å²) < 4.78 is 0. The van der Waals surface area contributed by atoms with Crippen molar-refractivity contribution in [2.75, 3.05) is 0 Å². The van der Waals surface area contributed by atoms with Gasteiger partial charge < -0.3 is 0 Å². The highest BCUT2D eigenvalue weighted by atomic mass is 14.7. The van der Waals surface area contributed by atoms with E-state index < -0.39 is 0 Å². The average Bonchev–Trinajstić information content (AvgIpc) is 2.56. The lowest BCUT2D eigenvalue weighted by Crippen LogP contribution is -2.14. The molecule has 0 bridgehead atoms. The van der Waals surface area contributed by atoms with Crippen molar-refractivity contribution in [1.29, 1.82) is 0 Å². The molecule has 0 amide bonds. The number of aromatic nitrogens is 1. The Labute approximate surface area is 137 Å². The lowest BCUT2D eigenvalue weighted by molar-refractivity contribution is 0.300. The fourth-order valence-corrected chi connectivity index (χ4v) is 3.77. The normalized spacial score (nSPS) is 23.4. The molecule has 0 radical (unpaired) electrons. The summed E-state index contributed by atoms with van der Waals surface area (Å²) in [7, 11) is 0. The molecular formula is C21H35N. The first-order valence-corrected chi connectivity index (χ1v) is 9.67. The number of pyridine rings is 1. The van der Waals surface area contributed by atoms with Crippen LogP contribution in [0.4, 0.5) is 0 Å². The molecule has 124 valence electrons. The number of rotatable bonds is 8. The number of hydrogen-bond donors (Lipinski definition) is 0. The van der Waals surface area contributed by atoms with Gasteiger partial charge in [-0.25, -0.2) is 0 Å². The number of unbranched alkanes of at least 4 members (excludes halogenated alkanes) is 2. The van der Waals surface area contributed by atoms with Gasteiger partial charge in [0.05, 0.1) is 0 Å². The van der Waals surface area contributed by atoms with Crippen LogP contribution in [0.1, 0.15) is 95.7 Å². The van der Waals surface area contributed by atoms with E-state index in [1.165, 1.54) is 75.5 Å². The zero-order valence-electron chi connectivity index (χ0n) is 15.0. The van der Waals surface area contributed by atoms with Gasteiger partial charge in [0.15, 0.2) is 0 Å². The molecule has 1 nitrogen and oxygen atoms in total. The molecule has 0 unspecified atom stereocenters. The highest BCUT2D eigenvalue weighted by molar-refractivity contribution is 5.17. The quantitative estimate of drug-likeness (QED) is 0.498. The first-order chi connectivity index (χ1) is 10.7. The van der Waals surface area contributed by atoms with Crippen molar-refractivity contribution in [3.05, 3.63) is 29.6 Å². The molecule has 1 aliphatic carbocycles. The van der Waals surface area contributed by atoms with Crippen LogP contribution in [0.5, 0.6) is 0 Å².